The Kier molecular flexibility index (Phi) is 6.37. The molecule has 2 atom stereocenters. The van der Waals surface area contributed by atoms with Crippen molar-refractivity contribution in [2.24, 2.45) is 11.8 Å². The Morgan fingerprint density at radius 2 is 2.06 bits per heavy atom. The summed E-state index contributed by atoms with van der Waals surface area (Å²) >= 11 is 0. The maximum absolute atomic E-state index is 3.24. The van der Waals surface area contributed by atoms with Crippen molar-refractivity contribution in [2.75, 3.05) is 27.2 Å². The molecule has 1 aliphatic rings. The fraction of sp³-hybridized carbons (Fsp3) is 1.00. The van der Waals surface area contributed by atoms with Gasteiger partial charge < -0.3 is 10.2 Å². The third-order valence-corrected chi connectivity index (χ3v) is 3.90. The molecular weight excluding hydrogens is 196 g/mol. The minimum atomic E-state index is 0.839. The smallest absolute Gasteiger partial charge is 0.0107 e. The van der Waals surface area contributed by atoms with Crippen molar-refractivity contribution >= 4 is 0 Å². The molecule has 0 radical (unpaired) electrons. The van der Waals surface area contributed by atoms with Gasteiger partial charge in [-0.3, -0.25) is 0 Å². The highest BCUT2D eigenvalue weighted by atomic mass is 15.1. The van der Waals surface area contributed by atoms with Gasteiger partial charge in [0.05, 0.1) is 0 Å². The number of hydrogen-bond donors (Lipinski definition) is 1. The van der Waals surface area contributed by atoms with E-state index < -0.39 is 0 Å². The van der Waals surface area contributed by atoms with Crippen LogP contribution in [0.2, 0.25) is 0 Å². The third kappa shape index (κ3) is 4.84. The number of rotatable bonds is 6. The van der Waals surface area contributed by atoms with Gasteiger partial charge in [-0.25, -0.2) is 0 Å². The first-order valence-corrected chi connectivity index (χ1v) is 6.98. The molecule has 2 unspecified atom stereocenters. The first-order valence-electron chi connectivity index (χ1n) is 6.98. The SMILES string of the molecule is CNCCN(C)C1CCCC(CC(C)C)C1. The van der Waals surface area contributed by atoms with Crippen molar-refractivity contribution in [3.8, 4) is 0 Å². The van der Waals surface area contributed by atoms with Crippen LogP contribution in [0.3, 0.4) is 0 Å². The average Bonchev–Trinajstić information content (AvgIpc) is 2.25. The Hall–Kier alpha value is -0.0800. The number of nitrogens with one attached hydrogen (secondary N) is 1. The summed E-state index contributed by atoms with van der Waals surface area (Å²) < 4.78 is 0. The zero-order valence-corrected chi connectivity index (χ0v) is 11.6. The Morgan fingerprint density at radius 3 is 2.69 bits per heavy atom. The number of nitrogens with zero attached hydrogens (tertiary/aromatic N) is 1. The molecule has 0 bridgehead atoms. The van der Waals surface area contributed by atoms with E-state index in [0.29, 0.717) is 0 Å². The Labute approximate surface area is 102 Å². The van der Waals surface area contributed by atoms with Crippen LogP contribution in [0.25, 0.3) is 0 Å². The van der Waals surface area contributed by atoms with Gasteiger partial charge in [-0.2, -0.15) is 0 Å². The summed E-state index contributed by atoms with van der Waals surface area (Å²) in [4.78, 5) is 2.56. The molecule has 0 spiro atoms. The van der Waals surface area contributed by atoms with E-state index in [4.69, 9.17) is 0 Å². The summed E-state index contributed by atoms with van der Waals surface area (Å²) in [5.41, 5.74) is 0. The standard InChI is InChI=1S/C14H30N2/c1-12(2)10-13-6-5-7-14(11-13)16(4)9-8-15-3/h12-15H,5-11H2,1-4H3. The lowest BCUT2D eigenvalue weighted by molar-refractivity contribution is 0.149. The lowest BCUT2D eigenvalue weighted by atomic mass is 9.80. The van der Waals surface area contributed by atoms with Gasteiger partial charge >= 0.3 is 0 Å². The first kappa shape index (κ1) is 14.0. The second-order valence-electron chi connectivity index (χ2n) is 5.90. The quantitative estimate of drug-likeness (QED) is 0.749. The van der Waals surface area contributed by atoms with Crippen molar-refractivity contribution in [1.29, 1.82) is 0 Å². The van der Waals surface area contributed by atoms with Crippen LogP contribution in [0, 0.1) is 11.8 Å². The van der Waals surface area contributed by atoms with Crippen LogP contribution >= 0.6 is 0 Å². The summed E-state index contributed by atoms with van der Waals surface area (Å²) in [5.74, 6) is 1.85. The summed E-state index contributed by atoms with van der Waals surface area (Å²) in [5, 5.41) is 3.24. The van der Waals surface area contributed by atoms with Crippen LogP contribution in [0.5, 0.6) is 0 Å². The monoisotopic (exact) mass is 226 g/mol. The molecular formula is C14H30N2. The average molecular weight is 226 g/mol. The van der Waals surface area contributed by atoms with Gasteiger partial charge in [-0.15, -0.1) is 0 Å². The molecule has 0 aromatic heterocycles. The van der Waals surface area contributed by atoms with Crippen molar-refractivity contribution in [1.82, 2.24) is 10.2 Å². The van der Waals surface area contributed by atoms with Crippen LogP contribution in [-0.2, 0) is 0 Å². The van der Waals surface area contributed by atoms with Crippen molar-refractivity contribution in [3.63, 3.8) is 0 Å². The molecule has 0 amide bonds. The fourth-order valence-corrected chi connectivity index (χ4v) is 3.01. The normalized spacial score (nSPS) is 26.6. The predicted octanol–water partition coefficient (Wildman–Crippen LogP) is 2.74. The Bertz CT molecular complexity index is 180. The van der Waals surface area contributed by atoms with Gasteiger partial charge in [0.2, 0.25) is 0 Å². The number of hydrogen-bond acceptors (Lipinski definition) is 2. The van der Waals surface area contributed by atoms with Crippen LogP contribution in [0.15, 0.2) is 0 Å². The molecule has 1 fully saturated rings. The molecule has 0 heterocycles. The molecule has 96 valence electrons. The predicted molar refractivity (Wildman–Crippen MR) is 71.8 cm³/mol. The molecule has 1 aliphatic carbocycles. The molecule has 0 aromatic carbocycles. The summed E-state index contributed by atoms with van der Waals surface area (Å²) in [6.45, 7) is 7.01. The summed E-state index contributed by atoms with van der Waals surface area (Å²) in [6, 6.07) is 0.839. The second kappa shape index (κ2) is 7.29. The molecule has 0 saturated heterocycles. The highest BCUT2D eigenvalue weighted by Crippen LogP contribution is 2.31. The maximum atomic E-state index is 3.24. The van der Waals surface area contributed by atoms with Crippen LogP contribution < -0.4 is 5.32 Å². The van der Waals surface area contributed by atoms with E-state index in [1.807, 2.05) is 7.05 Å². The number of likely N-dealkylation sites (N-methyl/N-ethyl adjacent to an activating group) is 2. The van der Waals surface area contributed by atoms with E-state index in [9.17, 15) is 0 Å². The van der Waals surface area contributed by atoms with Gasteiger partial charge in [0, 0.05) is 19.1 Å². The van der Waals surface area contributed by atoms with Gasteiger partial charge in [-0.05, 0) is 45.2 Å². The van der Waals surface area contributed by atoms with Crippen molar-refractivity contribution < 1.29 is 0 Å². The lowest BCUT2D eigenvalue weighted by Gasteiger charge is -2.36. The Morgan fingerprint density at radius 1 is 1.31 bits per heavy atom. The van der Waals surface area contributed by atoms with Gasteiger partial charge in [0.15, 0.2) is 0 Å². The van der Waals surface area contributed by atoms with E-state index in [1.165, 1.54) is 38.6 Å². The van der Waals surface area contributed by atoms with Gasteiger partial charge in [0.25, 0.3) is 0 Å². The minimum Gasteiger partial charge on any atom is -0.318 e. The van der Waals surface area contributed by atoms with E-state index in [-0.39, 0.29) is 0 Å². The maximum Gasteiger partial charge on any atom is 0.0107 e. The van der Waals surface area contributed by atoms with Gasteiger partial charge in [-0.1, -0.05) is 26.7 Å². The molecule has 16 heavy (non-hydrogen) atoms. The zero-order chi connectivity index (χ0) is 12.0. The molecule has 1 saturated carbocycles. The largest absolute Gasteiger partial charge is 0.318 e. The van der Waals surface area contributed by atoms with Gasteiger partial charge in [0.1, 0.15) is 0 Å². The molecule has 0 aliphatic heterocycles. The second-order valence-corrected chi connectivity index (χ2v) is 5.90. The van der Waals surface area contributed by atoms with Crippen molar-refractivity contribution in [3.05, 3.63) is 0 Å². The summed E-state index contributed by atoms with van der Waals surface area (Å²) in [6.07, 6.45) is 7.17. The van der Waals surface area contributed by atoms with Crippen LogP contribution in [0.1, 0.15) is 46.0 Å². The molecule has 0 aromatic rings. The molecule has 2 heteroatoms. The molecule has 2 nitrogen and oxygen atoms in total. The van der Waals surface area contributed by atoms with E-state index in [0.717, 1.165) is 24.4 Å². The van der Waals surface area contributed by atoms with E-state index in [1.54, 1.807) is 0 Å². The topological polar surface area (TPSA) is 15.3 Å². The highest BCUT2D eigenvalue weighted by molar-refractivity contribution is 4.79. The molecule has 1 rings (SSSR count). The third-order valence-electron chi connectivity index (χ3n) is 3.90. The highest BCUT2D eigenvalue weighted by Gasteiger charge is 2.24. The fourth-order valence-electron chi connectivity index (χ4n) is 3.01. The van der Waals surface area contributed by atoms with Crippen LogP contribution in [0.4, 0.5) is 0 Å². The zero-order valence-electron chi connectivity index (χ0n) is 11.6. The van der Waals surface area contributed by atoms with E-state index >= 15 is 0 Å². The minimum absolute atomic E-state index is 0.839. The van der Waals surface area contributed by atoms with E-state index in [2.05, 4.69) is 31.1 Å². The summed E-state index contributed by atoms with van der Waals surface area (Å²) in [7, 11) is 4.33. The lowest BCUT2D eigenvalue weighted by Crippen LogP contribution is -2.39. The van der Waals surface area contributed by atoms with Crippen LogP contribution in [-0.4, -0.2) is 38.1 Å². The van der Waals surface area contributed by atoms with Crippen molar-refractivity contribution in [2.45, 2.75) is 52.0 Å². The molecule has 1 N–H and O–H groups in total. The first-order chi connectivity index (χ1) is 7.63. The Balaban J connectivity index is 2.31.